The summed E-state index contributed by atoms with van der Waals surface area (Å²) in [5.41, 5.74) is 0. The second-order valence-electron chi connectivity index (χ2n) is 7.02. The largest absolute Gasteiger partial charge is 0.379 e. The van der Waals surface area contributed by atoms with E-state index in [0.717, 1.165) is 12.8 Å². The van der Waals surface area contributed by atoms with Crippen molar-refractivity contribution < 1.29 is 18.9 Å². The van der Waals surface area contributed by atoms with E-state index in [-0.39, 0.29) is 24.3 Å². The number of hydrogen-bond acceptors (Lipinski definition) is 8. The summed E-state index contributed by atoms with van der Waals surface area (Å²) in [5.74, 6) is 0. The first kappa shape index (κ1) is 26.7. The Morgan fingerprint density at radius 2 is 1.07 bits per heavy atom. The molecule has 0 saturated carbocycles. The van der Waals surface area contributed by atoms with Gasteiger partial charge in [0, 0.05) is 25.3 Å². The monoisotopic (exact) mass is 398 g/mol. The van der Waals surface area contributed by atoms with Crippen LogP contribution in [0.4, 0.5) is 0 Å². The Hall–Kier alpha value is -1.26. The zero-order valence-corrected chi connectivity index (χ0v) is 17.9. The molecule has 4 unspecified atom stereocenters. The number of hydrogen-bond donors (Lipinski definition) is 2. The molecule has 0 spiro atoms. The fourth-order valence-electron chi connectivity index (χ4n) is 2.18. The maximum absolute atomic E-state index is 8.51. The van der Waals surface area contributed by atoms with Crippen LogP contribution in [0.5, 0.6) is 0 Å². The molecule has 28 heavy (non-hydrogen) atoms. The van der Waals surface area contributed by atoms with Crippen LogP contribution in [0.1, 0.15) is 40.5 Å². The van der Waals surface area contributed by atoms with Crippen molar-refractivity contribution in [3.63, 3.8) is 0 Å². The predicted molar refractivity (Wildman–Crippen MR) is 108 cm³/mol. The Morgan fingerprint density at radius 1 is 0.679 bits per heavy atom. The lowest BCUT2D eigenvalue weighted by atomic mass is 10.3. The molecular formula is C20H38N4O4. The Labute approximate surface area is 170 Å². The molecular weight excluding hydrogens is 360 g/mol. The summed E-state index contributed by atoms with van der Waals surface area (Å²) < 4.78 is 22.6. The molecule has 8 heteroatoms. The number of nitrogens with one attached hydrogen (secondary N) is 2. The van der Waals surface area contributed by atoms with Gasteiger partial charge in [-0.05, 0) is 40.5 Å². The molecule has 4 atom stereocenters. The molecule has 0 saturated heterocycles. The highest BCUT2D eigenvalue weighted by atomic mass is 16.5. The van der Waals surface area contributed by atoms with Gasteiger partial charge in [0.1, 0.15) is 0 Å². The van der Waals surface area contributed by atoms with Crippen molar-refractivity contribution in [2.24, 2.45) is 0 Å². The Morgan fingerprint density at radius 3 is 1.43 bits per heavy atom. The van der Waals surface area contributed by atoms with Crippen LogP contribution >= 0.6 is 0 Å². The molecule has 0 rings (SSSR count). The first-order valence-corrected chi connectivity index (χ1v) is 10.1. The van der Waals surface area contributed by atoms with Crippen LogP contribution in [-0.4, -0.2) is 77.0 Å². The highest BCUT2D eigenvalue weighted by molar-refractivity contribution is 4.76. The fraction of sp³-hybridized carbons (Fsp3) is 0.900. The van der Waals surface area contributed by atoms with Gasteiger partial charge in [-0.15, -0.1) is 0 Å². The average Bonchev–Trinajstić information content (AvgIpc) is 2.69. The normalized spacial score (nSPS) is 15.4. The van der Waals surface area contributed by atoms with E-state index >= 15 is 0 Å². The zero-order chi connectivity index (χ0) is 21.0. The molecule has 2 N–H and O–H groups in total. The van der Waals surface area contributed by atoms with Gasteiger partial charge in [0.2, 0.25) is 0 Å². The van der Waals surface area contributed by atoms with Crippen molar-refractivity contribution in [1.82, 2.24) is 10.6 Å². The van der Waals surface area contributed by atoms with Crippen molar-refractivity contribution in [2.45, 2.75) is 64.8 Å². The van der Waals surface area contributed by atoms with Crippen LogP contribution < -0.4 is 10.6 Å². The highest BCUT2D eigenvalue weighted by Crippen LogP contribution is 1.99. The van der Waals surface area contributed by atoms with Crippen LogP contribution in [0.2, 0.25) is 0 Å². The number of ether oxygens (including phenoxy) is 4. The van der Waals surface area contributed by atoms with E-state index in [1.54, 1.807) is 0 Å². The van der Waals surface area contributed by atoms with Gasteiger partial charge < -0.3 is 18.9 Å². The summed E-state index contributed by atoms with van der Waals surface area (Å²) in [5, 5.41) is 23.1. The minimum absolute atomic E-state index is 0.0330. The van der Waals surface area contributed by atoms with Crippen molar-refractivity contribution in [3.05, 3.63) is 0 Å². The van der Waals surface area contributed by atoms with Gasteiger partial charge in [0.15, 0.2) is 0 Å². The van der Waals surface area contributed by atoms with Crippen LogP contribution in [-0.2, 0) is 18.9 Å². The molecule has 8 nitrogen and oxygen atoms in total. The quantitative estimate of drug-likeness (QED) is 0.250. The van der Waals surface area contributed by atoms with E-state index in [9.17, 15) is 0 Å². The molecule has 0 heterocycles. The lowest BCUT2D eigenvalue weighted by Crippen LogP contribution is -2.33. The van der Waals surface area contributed by atoms with Gasteiger partial charge >= 0.3 is 0 Å². The second-order valence-corrected chi connectivity index (χ2v) is 7.02. The highest BCUT2D eigenvalue weighted by Gasteiger charge is 2.07. The van der Waals surface area contributed by atoms with E-state index in [1.807, 2.05) is 27.7 Å². The van der Waals surface area contributed by atoms with E-state index in [2.05, 4.69) is 22.8 Å². The summed E-state index contributed by atoms with van der Waals surface area (Å²) in [6.07, 6.45) is 1.95. The van der Waals surface area contributed by atoms with Crippen LogP contribution in [0, 0.1) is 22.7 Å². The molecule has 0 aliphatic heterocycles. The smallest absolute Gasteiger partial charge is 0.0843 e. The van der Waals surface area contributed by atoms with Crippen molar-refractivity contribution >= 4 is 0 Å². The molecule has 0 fully saturated rings. The predicted octanol–water partition coefficient (Wildman–Crippen LogP) is 1.61. The molecule has 0 radical (unpaired) electrons. The lowest BCUT2D eigenvalue weighted by Gasteiger charge is -2.18. The minimum atomic E-state index is 0.0330. The Balaban J connectivity index is 3.43. The fourth-order valence-corrected chi connectivity index (χ4v) is 2.18. The number of rotatable bonds is 19. The van der Waals surface area contributed by atoms with Gasteiger partial charge in [-0.1, -0.05) is 0 Å². The molecule has 0 aromatic carbocycles. The maximum Gasteiger partial charge on any atom is 0.0843 e. The van der Waals surface area contributed by atoms with Crippen LogP contribution in [0.25, 0.3) is 0 Å². The summed E-state index contributed by atoms with van der Waals surface area (Å²) in [6, 6.07) is 4.41. The topological polar surface area (TPSA) is 109 Å². The Bertz CT molecular complexity index is 399. The molecule has 0 aliphatic carbocycles. The number of unbranched alkanes of at least 4 members (excludes halogenated alkanes) is 1. The third-order valence-corrected chi connectivity index (χ3v) is 3.85. The maximum atomic E-state index is 8.51. The van der Waals surface area contributed by atoms with Gasteiger partial charge in [0.25, 0.3) is 0 Å². The summed E-state index contributed by atoms with van der Waals surface area (Å²) in [7, 11) is 0. The van der Waals surface area contributed by atoms with Gasteiger partial charge in [-0.3, -0.25) is 10.6 Å². The average molecular weight is 399 g/mol. The zero-order valence-electron chi connectivity index (χ0n) is 17.9. The third-order valence-electron chi connectivity index (χ3n) is 3.85. The van der Waals surface area contributed by atoms with Gasteiger partial charge in [0.05, 0.1) is 63.9 Å². The van der Waals surface area contributed by atoms with Crippen LogP contribution in [0.15, 0.2) is 0 Å². The molecule has 0 aromatic rings. The molecule has 0 amide bonds. The lowest BCUT2D eigenvalue weighted by molar-refractivity contribution is -0.0211. The molecule has 162 valence electrons. The molecule has 0 aromatic heterocycles. The standard InChI is InChI=1S/C20H38N4O4/c1-17(23-9-7-21)13-27-19(3)15-25-11-5-6-12-26-16-20(4)28-14-18(2)24-10-8-22/h17-20,23-24H,5-6,9-16H2,1-4H3. The SMILES string of the molecule is CC(COC(C)COCCCCOCC(C)OCC(C)NCC#N)NCC#N. The first-order valence-electron chi connectivity index (χ1n) is 10.1. The first-order chi connectivity index (χ1) is 13.5. The second kappa shape index (κ2) is 19.1. The van der Waals surface area contributed by atoms with Gasteiger partial charge in [-0.2, -0.15) is 10.5 Å². The summed E-state index contributed by atoms with van der Waals surface area (Å²) in [6.45, 7) is 12.2. The van der Waals surface area contributed by atoms with Crippen molar-refractivity contribution in [1.29, 1.82) is 10.5 Å². The Kier molecular flexibility index (Phi) is 18.2. The number of nitrogens with zero attached hydrogens (tertiary/aromatic N) is 2. The van der Waals surface area contributed by atoms with E-state index in [0.29, 0.717) is 52.7 Å². The molecule has 0 aliphatic rings. The van der Waals surface area contributed by atoms with Crippen LogP contribution in [0.3, 0.4) is 0 Å². The van der Waals surface area contributed by atoms with Crippen molar-refractivity contribution in [3.8, 4) is 12.1 Å². The van der Waals surface area contributed by atoms with Gasteiger partial charge in [-0.25, -0.2) is 0 Å². The minimum Gasteiger partial charge on any atom is -0.379 e. The van der Waals surface area contributed by atoms with Crippen molar-refractivity contribution in [2.75, 3.05) is 52.7 Å². The summed E-state index contributed by atoms with van der Waals surface area (Å²) >= 11 is 0. The van der Waals surface area contributed by atoms with E-state index < -0.39 is 0 Å². The molecule has 0 bridgehead atoms. The van der Waals surface area contributed by atoms with E-state index in [4.69, 9.17) is 29.5 Å². The third kappa shape index (κ3) is 18.1. The summed E-state index contributed by atoms with van der Waals surface area (Å²) in [4.78, 5) is 0. The van der Waals surface area contributed by atoms with E-state index in [1.165, 1.54) is 0 Å². The number of nitriles is 2.